The van der Waals surface area contributed by atoms with Gasteiger partial charge in [0.05, 0.1) is 26.4 Å². The molecule has 2 amide bonds. The van der Waals surface area contributed by atoms with Crippen LogP contribution in [0.1, 0.15) is 13.8 Å². The molecule has 16 heavy (non-hydrogen) atoms. The van der Waals surface area contributed by atoms with Gasteiger partial charge in [-0.15, -0.1) is 0 Å². The third-order valence-corrected chi connectivity index (χ3v) is 1.61. The first-order chi connectivity index (χ1) is 7.63. The molecule has 0 radical (unpaired) electrons. The van der Waals surface area contributed by atoms with Crippen LogP contribution in [-0.2, 0) is 19.1 Å². The van der Waals surface area contributed by atoms with Gasteiger partial charge in [0.15, 0.2) is 0 Å². The van der Waals surface area contributed by atoms with Crippen molar-refractivity contribution >= 4 is 11.8 Å². The van der Waals surface area contributed by atoms with Gasteiger partial charge in [0.25, 0.3) is 0 Å². The lowest BCUT2D eigenvalue weighted by Crippen LogP contribution is -2.26. The fraction of sp³-hybridized carbons (Fsp3) is 0.800. The second kappa shape index (κ2) is 10.4. The Labute approximate surface area is 95.7 Å². The minimum atomic E-state index is -0.0600. The van der Waals surface area contributed by atoms with Crippen LogP contribution >= 0.6 is 0 Å². The minimum absolute atomic E-state index is 0.0600. The Hall–Kier alpha value is -1.14. The molecule has 0 unspecified atom stereocenters. The van der Waals surface area contributed by atoms with E-state index in [4.69, 9.17) is 9.47 Å². The normalized spacial score (nSPS) is 9.88. The molecule has 6 nitrogen and oxygen atoms in total. The molecule has 0 saturated carbocycles. The van der Waals surface area contributed by atoms with Gasteiger partial charge in [0, 0.05) is 26.9 Å². The summed E-state index contributed by atoms with van der Waals surface area (Å²) in [5, 5.41) is 5.23. The number of hydrogen-bond acceptors (Lipinski definition) is 4. The Kier molecular flexibility index (Phi) is 9.64. The number of rotatable bonds is 9. The average Bonchev–Trinajstić information content (AvgIpc) is 2.20. The van der Waals surface area contributed by atoms with Gasteiger partial charge in [-0.25, -0.2) is 0 Å². The monoisotopic (exact) mass is 232 g/mol. The molecule has 0 spiro atoms. The van der Waals surface area contributed by atoms with Gasteiger partial charge in [0.2, 0.25) is 11.8 Å². The van der Waals surface area contributed by atoms with Crippen LogP contribution in [-0.4, -0.2) is 51.3 Å². The molecule has 0 bridgehead atoms. The van der Waals surface area contributed by atoms with Crippen molar-refractivity contribution in [3.05, 3.63) is 0 Å². The minimum Gasteiger partial charge on any atom is -0.377 e. The summed E-state index contributed by atoms with van der Waals surface area (Å²) in [5.74, 6) is -0.120. The average molecular weight is 232 g/mol. The number of carbonyl (C=O) groups is 2. The van der Waals surface area contributed by atoms with Gasteiger partial charge < -0.3 is 20.1 Å². The summed E-state index contributed by atoms with van der Waals surface area (Å²) in [7, 11) is 0. The van der Waals surface area contributed by atoms with Crippen molar-refractivity contribution in [1.82, 2.24) is 10.6 Å². The van der Waals surface area contributed by atoms with Crippen LogP contribution in [0.5, 0.6) is 0 Å². The second-order valence-electron chi connectivity index (χ2n) is 3.19. The molecule has 94 valence electrons. The molecule has 0 aliphatic rings. The van der Waals surface area contributed by atoms with E-state index in [1.807, 2.05) is 0 Å². The van der Waals surface area contributed by atoms with Crippen LogP contribution in [0.25, 0.3) is 0 Å². The van der Waals surface area contributed by atoms with Gasteiger partial charge in [-0.2, -0.15) is 0 Å². The second-order valence-corrected chi connectivity index (χ2v) is 3.19. The fourth-order valence-electron chi connectivity index (χ4n) is 0.920. The van der Waals surface area contributed by atoms with Crippen LogP contribution in [0.3, 0.4) is 0 Å². The molecule has 6 heteroatoms. The van der Waals surface area contributed by atoms with Gasteiger partial charge in [0.1, 0.15) is 0 Å². The SMILES string of the molecule is CC(=O)NCCOCCOCCNC(C)=O. The molecule has 0 rings (SSSR count). The van der Waals surface area contributed by atoms with E-state index in [-0.39, 0.29) is 11.8 Å². The molecule has 0 aromatic carbocycles. The molecular weight excluding hydrogens is 212 g/mol. The molecule has 0 fully saturated rings. The molecule has 0 saturated heterocycles. The predicted octanol–water partition coefficient (Wildman–Crippen LogP) is -0.708. The number of amides is 2. The molecule has 0 aromatic heterocycles. The van der Waals surface area contributed by atoms with Crippen LogP contribution in [0.2, 0.25) is 0 Å². The quantitative estimate of drug-likeness (QED) is 0.515. The van der Waals surface area contributed by atoms with Gasteiger partial charge >= 0.3 is 0 Å². The number of carbonyl (C=O) groups excluding carboxylic acids is 2. The predicted molar refractivity (Wildman–Crippen MR) is 59.0 cm³/mol. The molecule has 0 aliphatic carbocycles. The molecule has 0 aliphatic heterocycles. The van der Waals surface area contributed by atoms with E-state index in [2.05, 4.69) is 10.6 Å². The lowest BCUT2D eigenvalue weighted by Gasteiger charge is -2.06. The van der Waals surface area contributed by atoms with E-state index in [1.165, 1.54) is 13.8 Å². The Morgan fingerprint density at radius 3 is 1.50 bits per heavy atom. The molecule has 0 atom stereocenters. The smallest absolute Gasteiger partial charge is 0.216 e. The zero-order valence-electron chi connectivity index (χ0n) is 9.88. The molecule has 0 heterocycles. The van der Waals surface area contributed by atoms with E-state index in [0.717, 1.165) is 0 Å². The van der Waals surface area contributed by atoms with Gasteiger partial charge in [-0.05, 0) is 0 Å². The van der Waals surface area contributed by atoms with E-state index in [0.29, 0.717) is 39.5 Å². The third-order valence-electron chi connectivity index (χ3n) is 1.61. The topological polar surface area (TPSA) is 76.7 Å². The largest absolute Gasteiger partial charge is 0.377 e. The zero-order valence-corrected chi connectivity index (χ0v) is 9.88. The summed E-state index contributed by atoms with van der Waals surface area (Å²) in [6.07, 6.45) is 0. The molecule has 2 N–H and O–H groups in total. The first kappa shape index (κ1) is 14.9. The number of hydrogen-bond donors (Lipinski definition) is 2. The van der Waals surface area contributed by atoms with Crippen LogP contribution < -0.4 is 10.6 Å². The van der Waals surface area contributed by atoms with E-state index in [9.17, 15) is 9.59 Å². The van der Waals surface area contributed by atoms with Crippen molar-refractivity contribution in [1.29, 1.82) is 0 Å². The maximum Gasteiger partial charge on any atom is 0.216 e. The van der Waals surface area contributed by atoms with Crippen molar-refractivity contribution < 1.29 is 19.1 Å². The van der Waals surface area contributed by atoms with Crippen LogP contribution in [0, 0.1) is 0 Å². The van der Waals surface area contributed by atoms with Crippen molar-refractivity contribution in [2.75, 3.05) is 39.5 Å². The highest BCUT2D eigenvalue weighted by Gasteiger charge is 1.93. The first-order valence-corrected chi connectivity index (χ1v) is 5.27. The van der Waals surface area contributed by atoms with Crippen molar-refractivity contribution in [2.45, 2.75) is 13.8 Å². The number of ether oxygens (including phenoxy) is 2. The van der Waals surface area contributed by atoms with Crippen LogP contribution in [0.4, 0.5) is 0 Å². The highest BCUT2D eigenvalue weighted by molar-refractivity contribution is 5.73. The first-order valence-electron chi connectivity index (χ1n) is 5.27. The highest BCUT2D eigenvalue weighted by Crippen LogP contribution is 1.78. The summed E-state index contributed by atoms with van der Waals surface area (Å²) in [5.41, 5.74) is 0. The third kappa shape index (κ3) is 12.9. The van der Waals surface area contributed by atoms with E-state index in [1.54, 1.807) is 0 Å². The number of nitrogens with one attached hydrogen (secondary N) is 2. The standard InChI is InChI=1S/C10H20N2O4/c1-9(13)11-3-5-15-7-8-16-6-4-12-10(2)14/h3-8H2,1-2H3,(H,11,13)(H,12,14). The maximum atomic E-state index is 10.5. The molecular formula is C10H20N2O4. The van der Waals surface area contributed by atoms with E-state index >= 15 is 0 Å². The van der Waals surface area contributed by atoms with Gasteiger partial charge in [-0.3, -0.25) is 9.59 Å². The fourth-order valence-corrected chi connectivity index (χ4v) is 0.920. The van der Waals surface area contributed by atoms with E-state index < -0.39 is 0 Å². The summed E-state index contributed by atoms with van der Waals surface area (Å²) in [6.45, 7) is 5.89. The Morgan fingerprint density at radius 2 is 1.19 bits per heavy atom. The van der Waals surface area contributed by atoms with Crippen LogP contribution in [0.15, 0.2) is 0 Å². The highest BCUT2D eigenvalue weighted by atomic mass is 16.5. The summed E-state index contributed by atoms with van der Waals surface area (Å²) in [4.78, 5) is 21.0. The Morgan fingerprint density at radius 1 is 0.812 bits per heavy atom. The van der Waals surface area contributed by atoms with Gasteiger partial charge in [-0.1, -0.05) is 0 Å². The summed E-state index contributed by atoms with van der Waals surface area (Å²) >= 11 is 0. The summed E-state index contributed by atoms with van der Waals surface area (Å²) in [6, 6.07) is 0. The molecule has 0 aromatic rings. The van der Waals surface area contributed by atoms with Crippen molar-refractivity contribution in [2.24, 2.45) is 0 Å². The van der Waals surface area contributed by atoms with Crippen molar-refractivity contribution in [3.63, 3.8) is 0 Å². The van der Waals surface area contributed by atoms with Crippen molar-refractivity contribution in [3.8, 4) is 0 Å². The summed E-state index contributed by atoms with van der Waals surface area (Å²) < 4.78 is 10.4. The Balaban J connectivity index is 2.98. The lowest BCUT2D eigenvalue weighted by atomic mass is 10.6. The lowest BCUT2D eigenvalue weighted by molar-refractivity contribution is -0.120. The Bertz CT molecular complexity index is 187. The zero-order chi connectivity index (χ0) is 12.2. The maximum absolute atomic E-state index is 10.5.